The van der Waals surface area contributed by atoms with Crippen molar-refractivity contribution in [2.75, 3.05) is 24.6 Å². The van der Waals surface area contributed by atoms with E-state index >= 15 is 0 Å². The zero-order chi connectivity index (χ0) is 14.6. The van der Waals surface area contributed by atoms with Crippen molar-refractivity contribution in [1.29, 1.82) is 0 Å². The Morgan fingerprint density at radius 3 is 2.65 bits per heavy atom. The molecule has 2 rings (SSSR count). The Bertz CT molecular complexity index is 421. The molecule has 1 aliphatic heterocycles. The lowest BCUT2D eigenvalue weighted by molar-refractivity contribution is 0.178. The number of aromatic nitrogens is 2. The van der Waals surface area contributed by atoms with E-state index < -0.39 is 0 Å². The Morgan fingerprint density at radius 2 is 2.10 bits per heavy atom. The van der Waals surface area contributed by atoms with Crippen molar-refractivity contribution < 1.29 is 4.79 Å². The molecule has 0 radical (unpaired) electrons. The minimum Gasteiger partial charge on any atom is -0.335 e. The summed E-state index contributed by atoms with van der Waals surface area (Å²) in [4.78, 5) is 18.3. The van der Waals surface area contributed by atoms with Crippen LogP contribution in [-0.2, 0) is 6.54 Å². The van der Waals surface area contributed by atoms with Gasteiger partial charge in [0.05, 0.1) is 12.4 Å². The van der Waals surface area contributed by atoms with Gasteiger partial charge in [0.25, 0.3) is 0 Å². The van der Waals surface area contributed by atoms with Crippen LogP contribution in [0.15, 0.2) is 18.7 Å². The fraction of sp³-hybridized carbons (Fsp3) is 0.714. The van der Waals surface area contributed by atoms with E-state index in [1.807, 2.05) is 27.4 Å². The molecule has 1 aromatic rings. The van der Waals surface area contributed by atoms with Gasteiger partial charge in [0.15, 0.2) is 0 Å². The van der Waals surface area contributed by atoms with E-state index in [9.17, 15) is 4.79 Å². The first-order chi connectivity index (χ1) is 9.47. The lowest BCUT2D eigenvalue weighted by Crippen LogP contribution is -2.52. The predicted molar refractivity (Wildman–Crippen MR) is 82.9 cm³/mol. The molecule has 2 heterocycles. The maximum atomic E-state index is 12.4. The number of carbonyl (C=O) groups is 1. The number of urea groups is 1. The van der Waals surface area contributed by atoms with E-state index in [0.29, 0.717) is 0 Å². The second-order valence-electron chi connectivity index (χ2n) is 6.23. The van der Waals surface area contributed by atoms with Gasteiger partial charge in [-0.3, -0.25) is 0 Å². The van der Waals surface area contributed by atoms with Crippen LogP contribution >= 0.6 is 11.8 Å². The van der Waals surface area contributed by atoms with Crippen LogP contribution in [0.1, 0.15) is 20.8 Å². The lowest BCUT2D eigenvalue weighted by atomic mass is 9.86. The van der Waals surface area contributed by atoms with Gasteiger partial charge in [-0.1, -0.05) is 20.8 Å². The summed E-state index contributed by atoms with van der Waals surface area (Å²) in [6.45, 7) is 8.90. The minimum absolute atomic E-state index is 0.00443. The number of imidazole rings is 1. The average molecular weight is 296 g/mol. The molecule has 1 saturated heterocycles. The van der Waals surface area contributed by atoms with E-state index in [4.69, 9.17) is 0 Å². The van der Waals surface area contributed by atoms with Crippen molar-refractivity contribution in [3.05, 3.63) is 18.7 Å². The highest BCUT2D eigenvalue weighted by Gasteiger charge is 2.28. The minimum atomic E-state index is 0.00443. The van der Waals surface area contributed by atoms with E-state index in [0.717, 1.165) is 31.1 Å². The third kappa shape index (κ3) is 4.16. The SMILES string of the molecule is CC(C)(C)C(Cn1ccnc1)NC(=O)N1CCSCC1. The molecule has 0 aromatic carbocycles. The molecule has 5 nitrogen and oxygen atoms in total. The van der Waals surface area contributed by atoms with Crippen LogP contribution in [0, 0.1) is 5.41 Å². The molecule has 20 heavy (non-hydrogen) atoms. The second-order valence-corrected chi connectivity index (χ2v) is 7.45. The van der Waals surface area contributed by atoms with Gasteiger partial charge in [-0.05, 0) is 5.41 Å². The van der Waals surface area contributed by atoms with E-state index in [2.05, 4.69) is 31.1 Å². The van der Waals surface area contributed by atoms with Gasteiger partial charge in [0, 0.05) is 43.5 Å². The quantitative estimate of drug-likeness (QED) is 0.929. The molecule has 1 unspecified atom stereocenters. The van der Waals surface area contributed by atoms with Crippen molar-refractivity contribution in [1.82, 2.24) is 19.8 Å². The Balaban J connectivity index is 1.98. The monoisotopic (exact) mass is 296 g/mol. The van der Waals surface area contributed by atoms with Gasteiger partial charge in [-0.2, -0.15) is 11.8 Å². The number of carbonyl (C=O) groups excluding carboxylic acids is 1. The molecule has 1 aromatic heterocycles. The molecule has 112 valence electrons. The Labute approximate surface area is 125 Å². The molecule has 6 heteroatoms. The Morgan fingerprint density at radius 1 is 1.40 bits per heavy atom. The highest BCUT2D eigenvalue weighted by atomic mass is 32.2. The molecule has 2 amide bonds. The third-order valence-corrected chi connectivity index (χ3v) is 4.54. The average Bonchev–Trinajstić information content (AvgIpc) is 2.91. The molecule has 0 spiro atoms. The Hall–Kier alpha value is -1.17. The number of nitrogens with zero attached hydrogens (tertiary/aromatic N) is 3. The van der Waals surface area contributed by atoms with E-state index in [1.165, 1.54) is 0 Å². The summed E-state index contributed by atoms with van der Waals surface area (Å²) in [6, 6.07) is 0.143. The normalized spacial score (nSPS) is 17.9. The first-order valence-corrected chi connectivity index (χ1v) is 8.21. The van der Waals surface area contributed by atoms with Gasteiger partial charge in [0.1, 0.15) is 0 Å². The summed E-state index contributed by atoms with van der Waals surface area (Å²) >= 11 is 1.91. The highest BCUT2D eigenvalue weighted by Crippen LogP contribution is 2.21. The molecule has 1 aliphatic rings. The molecule has 0 saturated carbocycles. The Kier molecular flexibility index (Phi) is 4.96. The van der Waals surface area contributed by atoms with Gasteiger partial charge in [-0.15, -0.1) is 0 Å². The summed E-state index contributed by atoms with van der Waals surface area (Å²) < 4.78 is 2.02. The number of hydrogen-bond acceptors (Lipinski definition) is 3. The number of hydrogen-bond donors (Lipinski definition) is 1. The maximum absolute atomic E-state index is 12.4. The maximum Gasteiger partial charge on any atom is 0.317 e. The van der Waals surface area contributed by atoms with Crippen molar-refractivity contribution in [3.63, 3.8) is 0 Å². The standard InChI is InChI=1S/C14H24N4OS/c1-14(2,3)12(10-17-5-4-15-11-17)16-13(19)18-6-8-20-9-7-18/h4-5,11-12H,6-10H2,1-3H3,(H,16,19). The molecular formula is C14H24N4OS. The number of thioether (sulfide) groups is 1. The van der Waals surface area contributed by atoms with Crippen molar-refractivity contribution in [2.24, 2.45) is 5.41 Å². The van der Waals surface area contributed by atoms with Gasteiger partial charge >= 0.3 is 6.03 Å². The predicted octanol–water partition coefficient (Wildman–Crippen LogP) is 2.06. The number of nitrogens with one attached hydrogen (secondary N) is 1. The first-order valence-electron chi connectivity index (χ1n) is 7.06. The van der Waals surface area contributed by atoms with Crippen LogP contribution in [0.3, 0.4) is 0 Å². The van der Waals surface area contributed by atoms with Gasteiger partial charge in [0.2, 0.25) is 0 Å². The third-order valence-electron chi connectivity index (χ3n) is 3.59. The van der Waals surface area contributed by atoms with Gasteiger partial charge < -0.3 is 14.8 Å². The first kappa shape index (κ1) is 15.2. The van der Waals surface area contributed by atoms with E-state index in [1.54, 1.807) is 12.5 Å². The lowest BCUT2D eigenvalue weighted by Gasteiger charge is -2.35. The van der Waals surface area contributed by atoms with Crippen molar-refractivity contribution in [3.8, 4) is 0 Å². The summed E-state index contributed by atoms with van der Waals surface area (Å²) in [6.07, 6.45) is 5.49. The summed E-state index contributed by atoms with van der Waals surface area (Å²) in [5, 5.41) is 3.19. The second kappa shape index (κ2) is 6.52. The molecular weight excluding hydrogens is 272 g/mol. The van der Waals surface area contributed by atoms with Gasteiger partial charge in [-0.25, -0.2) is 9.78 Å². The molecule has 1 atom stereocenters. The fourth-order valence-electron chi connectivity index (χ4n) is 2.15. The van der Waals surface area contributed by atoms with Crippen LogP contribution < -0.4 is 5.32 Å². The smallest absolute Gasteiger partial charge is 0.317 e. The summed E-state index contributed by atoms with van der Waals surface area (Å²) in [5.41, 5.74) is 0.00443. The van der Waals surface area contributed by atoms with Crippen LogP contribution in [0.25, 0.3) is 0 Å². The fourth-order valence-corrected chi connectivity index (χ4v) is 3.05. The van der Waals surface area contributed by atoms with Crippen molar-refractivity contribution in [2.45, 2.75) is 33.4 Å². The zero-order valence-electron chi connectivity index (χ0n) is 12.5. The topological polar surface area (TPSA) is 50.2 Å². The van der Waals surface area contributed by atoms with Crippen LogP contribution in [0.2, 0.25) is 0 Å². The highest BCUT2D eigenvalue weighted by molar-refractivity contribution is 7.99. The largest absolute Gasteiger partial charge is 0.335 e. The molecule has 0 aliphatic carbocycles. The summed E-state index contributed by atoms with van der Waals surface area (Å²) in [7, 11) is 0. The van der Waals surface area contributed by atoms with Crippen LogP contribution in [0.5, 0.6) is 0 Å². The molecule has 1 N–H and O–H groups in total. The molecule has 0 bridgehead atoms. The summed E-state index contributed by atoms with van der Waals surface area (Å²) in [5.74, 6) is 2.07. The van der Waals surface area contributed by atoms with Crippen LogP contribution in [-0.4, -0.2) is 51.1 Å². The zero-order valence-corrected chi connectivity index (χ0v) is 13.3. The molecule has 1 fully saturated rings. The van der Waals surface area contributed by atoms with E-state index in [-0.39, 0.29) is 17.5 Å². The van der Waals surface area contributed by atoms with Crippen molar-refractivity contribution >= 4 is 17.8 Å². The number of amides is 2. The van der Waals surface area contributed by atoms with Crippen LogP contribution in [0.4, 0.5) is 4.79 Å². The number of rotatable bonds is 3.